The van der Waals surface area contributed by atoms with E-state index in [-0.39, 0.29) is 11.9 Å². The van der Waals surface area contributed by atoms with Crippen molar-refractivity contribution in [1.82, 2.24) is 5.32 Å². The smallest absolute Gasteiger partial charge is 0.275 e. The van der Waals surface area contributed by atoms with Crippen molar-refractivity contribution in [3.05, 3.63) is 35.9 Å². The summed E-state index contributed by atoms with van der Waals surface area (Å²) in [6.07, 6.45) is 2.44. The van der Waals surface area contributed by atoms with Crippen LogP contribution in [0, 0.1) is 0 Å². The number of benzene rings is 1. The molecule has 2 atom stereocenters. The van der Waals surface area contributed by atoms with Gasteiger partial charge in [0.2, 0.25) is 0 Å². The van der Waals surface area contributed by atoms with Crippen molar-refractivity contribution in [1.29, 1.82) is 0 Å². The molecule has 4 nitrogen and oxygen atoms in total. The van der Waals surface area contributed by atoms with Gasteiger partial charge in [0.15, 0.2) is 6.54 Å². The molecule has 1 saturated heterocycles. The van der Waals surface area contributed by atoms with Crippen molar-refractivity contribution < 1.29 is 14.6 Å². The monoisotopic (exact) mass is 291 g/mol. The van der Waals surface area contributed by atoms with E-state index in [0.29, 0.717) is 12.6 Å². The van der Waals surface area contributed by atoms with E-state index >= 15 is 0 Å². The van der Waals surface area contributed by atoms with Crippen molar-refractivity contribution in [2.75, 3.05) is 33.7 Å². The van der Waals surface area contributed by atoms with E-state index in [2.05, 4.69) is 31.5 Å². The van der Waals surface area contributed by atoms with Crippen molar-refractivity contribution in [3.63, 3.8) is 0 Å². The Morgan fingerprint density at radius 3 is 2.57 bits per heavy atom. The standard InChI is InChI=1S/C17H27N3O/c1-14(15-7-5-4-6-8-15)18-17(21)13-20(3)16-9-11-19(2)12-10-16/h4-8,14,16H,9-13H2,1-3H3,(H,18,21)/p+2/t14-/m1/s1. The average Bonchev–Trinajstić information content (AvgIpc) is 2.48. The van der Waals surface area contributed by atoms with Crippen LogP contribution in [0.1, 0.15) is 31.4 Å². The van der Waals surface area contributed by atoms with Gasteiger partial charge >= 0.3 is 0 Å². The third-order valence-corrected chi connectivity index (χ3v) is 4.65. The summed E-state index contributed by atoms with van der Waals surface area (Å²) in [5, 5.41) is 3.11. The molecule has 0 bridgehead atoms. The Hall–Kier alpha value is -1.39. The molecule has 1 aliphatic rings. The number of quaternary nitrogens is 2. The zero-order chi connectivity index (χ0) is 15.2. The largest absolute Gasteiger partial charge is 0.345 e. The minimum atomic E-state index is 0.0773. The third kappa shape index (κ3) is 4.83. The van der Waals surface area contributed by atoms with Gasteiger partial charge in [0.1, 0.15) is 0 Å². The topological polar surface area (TPSA) is 38.0 Å². The Labute approximate surface area is 128 Å². The summed E-state index contributed by atoms with van der Waals surface area (Å²) in [5.74, 6) is 0.148. The highest BCUT2D eigenvalue weighted by molar-refractivity contribution is 5.77. The third-order valence-electron chi connectivity index (χ3n) is 4.65. The maximum absolute atomic E-state index is 12.2. The van der Waals surface area contributed by atoms with Crippen LogP contribution in [0.15, 0.2) is 30.3 Å². The molecule has 0 spiro atoms. The van der Waals surface area contributed by atoms with Crippen molar-refractivity contribution >= 4 is 5.91 Å². The SMILES string of the molecule is C[C@@H](NC(=O)C[NH+](C)C1CC[NH+](C)CC1)c1ccccc1. The molecular formula is C17H29N3O+2. The van der Waals surface area contributed by atoms with Gasteiger partial charge in [0.25, 0.3) is 5.91 Å². The van der Waals surface area contributed by atoms with E-state index in [0.717, 1.165) is 5.56 Å². The first-order valence-corrected chi connectivity index (χ1v) is 8.04. The van der Waals surface area contributed by atoms with E-state index in [1.54, 1.807) is 4.90 Å². The molecular weight excluding hydrogens is 262 g/mol. The Morgan fingerprint density at radius 1 is 1.33 bits per heavy atom. The van der Waals surface area contributed by atoms with Crippen LogP contribution in [0.5, 0.6) is 0 Å². The van der Waals surface area contributed by atoms with Gasteiger partial charge in [0, 0.05) is 12.8 Å². The average molecular weight is 291 g/mol. The summed E-state index contributed by atoms with van der Waals surface area (Å²) in [4.78, 5) is 15.2. The fourth-order valence-corrected chi connectivity index (χ4v) is 3.12. The molecule has 2 rings (SSSR count). The molecule has 1 amide bonds. The Kier molecular flexibility index (Phi) is 5.76. The molecule has 1 heterocycles. The molecule has 1 aromatic carbocycles. The summed E-state index contributed by atoms with van der Waals surface area (Å²) >= 11 is 0. The number of nitrogens with one attached hydrogen (secondary N) is 3. The molecule has 1 fully saturated rings. The number of hydrogen-bond acceptors (Lipinski definition) is 1. The fraction of sp³-hybridized carbons (Fsp3) is 0.588. The van der Waals surface area contributed by atoms with E-state index < -0.39 is 0 Å². The quantitative estimate of drug-likeness (QED) is 0.643. The lowest BCUT2D eigenvalue weighted by atomic mass is 10.0. The summed E-state index contributed by atoms with van der Waals surface area (Å²) in [7, 11) is 4.40. The summed E-state index contributed by atoms with van der Waals surface area (Å²) in [5.41, 5.74) is 1.16. The van der Waals surface area contributed by atoms with Crippen LogP contribution in [0.3, 0.4) is 0 Å². The van der Waals surface area contributed by atoms with Gasteiger partial charge in [-0.05, 0) is 12.5 Å². The fourth-order valence-electron chi connectivity index (χ4n) is 3.12. The predicted octanol–water partition coefficient (Wildman–Crippen LogP) is -0.944. The van der Waals surface area contributed by atoms with E-state index in [1.807, 2.05) is 25.1 Å². The van der Waals surface area contributed by atoms with Gasteiger partial charge in [-0.2, -0.15) is 0 Å². The molecule has 0 saturated carbocycles. The van der Waals surface area contributed by atoms with Gasteiger partial charge in [-0.1, -0.05) is 30.3 Å². The number of hydrogen-bond donors (Lipinski definition) is 3. The van der Waals surface area contributed by atoms with Gasteiger partial charge < -0.3 is 15.1 Å². The first-order valence-electron chi connectivity index (χ1n) is 8.04. The zero-order valence-electron chi connectivity index (χ0n) is 13.5. The lowest BCUT2D eigenvalue weighted by Crippen LogP contribution is -3.18. The van der Waals surface area contributed by atoms with Gasteiger partial charge in [-0.25, -0.2) is 0 Å². The molecule has 1 unspecified atom stereocenters. The van der Waals surface area contributed by atoms with Gasteiger partial charge in [-0.3, -0.25) is 4.79 Å². The number of piperidine rings is 1. The summed E-state index contributed by atoms with van der Waals surface area (Å²) in [6, 6.07) is 10.8. The highest BCUT2D eigenvalue weighted by atomic mass is 16.2. The van der Waals surface area contributed by atoms with Crippen LogP contribution < -0.4 is 15.1 Å². The Balaban J connectivity index is 1.78. The summed E-state index contributed by atoms with van der Waals surface area (Å²) < 4.78 is 0. The number of likely N-dealkylation sites (tertiary alicyclic amines) is 1. The highest BCUT2D eigenvalue weighted by Gasteiger charge is 2.27. The normalized spacial score (nSPS) is 25.1. The number of amides is 1. The Bertz CT molecular complexity index is 441. The minimum absolute atomic E-state index is 0.0773. The minimum Gasteiger partial charge on any atom is -0.345 e. The first-order chi connectivity index (χ1) is 10.1. The molecule has 21 heavy (non-hydrogen) atoms. The Morgan fingerprint density at radius 2 is 1.95 bits per heavy atom. The molecule has 0 aromatic heterocycles. The van der Waals surface area contributed by atoms with Crippen molar-refractivity contribution in [2.45, 2.75) is 31.8 Å². The number of rotatable bonds is 5. The lowest BCUT2D eigenvalue weighted by Gasteiger charge is -2.30. The van der Waals surface area contributed by atoms with E-state index in [4.69, 9.17) is 0 Å². The number of likely N-dealkylation sites (N-methyl/N-ethyl adjacent to an activating group) is 1. The number of carbonyl (C=O) groups is 1. The van der Waals surface area contributed by atoms with Crippen LogP contribution in [-0.2, 0) is 4.79 Å². The van der Waals surface area contributed by atoms with Crippen molar-refractivity contribution in [2.24, 2.45) is 0 Å². The predicted molar refractivity (Wildman–Crippen MR) is 84.4 cm³/mol. The summed E-state index contributed by atoms with van der Waals surface area (Å²) in [6.45, 7) is 5.07. The molecule has 4 heteroatoms. The number of carbonyl (C=O) groups excluding carboxylic acids is 1. The first kappa shape index (κ1) is 16.0. The van der Waals surface area contributed by atoms with E-state index in [1.165, 1.54) is 30.8 Å². The molecule has 1 aromatic rings. The second kappa shape index (κ2) is 7.57. The van der Waals surface area contributed by atoms with Crippen LogP contribution in [0.25, 0.3) is 0 Å². The van der Waals surface area contributed by atoms with E-state index in [9.17, 15) is 4.79 Å². The van der Waals surface area contributed by atoms with Crippen LogP contribution in [-0.4, -0.2) is 45.7 Å². The second-order valence-electron chi connectivity index (χ2n) is 6.45. The second-order valence-corrected chi connectivity index (χ2v) is 6.45. The molecule has 116 valence electrons. The van der Waals surface area contributed by atoms with Gasteiger partial charge in [0.05, 0.1) is 39.3 Å². The molecule has 1 aliphatic heterocycles. The van der Waals surface area contributed by atoms with Crippen LogP contribution in [0.4, 0.5) is 0 Å². The van der Waals surface area contributed by atoms with Crippen LogP contribution in [0.2, 0.25) is 0 Å². The maximum atomic E-state index is 12.2. The molecule has 0 aliphatic carbocycles. The molecule has 0 radical (unpaired) electrons. The van der Waals surface area contributed by atoms with Gasteiger partial charge in [-0.15, -0.1) is 0 Å². The zero-order valence-corrected chi connectivity index (χ0v) is 13.5. The van der Waals surface area contributed by atoms with Crippen molar-refractivity contribution in [3.8, 4) is 0 Å². The lowest BCUT2D eigenvalue weighted by molar-refractivity contribution is -0.935. The highest BCUT2D eigenvalue weighted by Crippen LogP contribution is 2.10. The molecule has 3 N–H and O–H groups in total. The maximum Gasteiger partial charge on any atom is 0.275 e. The van der Waals surface area contributed by atoms with Crippen LogP contribution >= 0.6 is 0 Å².